The highest BCUT2D eigenvalue weighted by atomic mass is 32.1. The zero-order valence-electron chi connectivity index (χ0n) is 27.9. The van der Waals surface area contributed by atoms with Crippen molar-refractivity contribution in [3.05, 3.63) is 176 Å². The van der Waals surface area contributed by atoms with Gasteiger partial charge in [0, 0.05) is 46.7 Å². The third-order valence-corrected chi connectivity index (χ3v) is 12.8. The van der Waals surface area contributed by atoms with E-state index in [0.717, 1.165) is 33.6 Å². The molecule has 4 heteroatoms. The molecule has 0 bridgehead atoms. The number of rotatable bonds is 5. The van der Waals surface area contributed by atoms with Gasteiger partial charge in [-0.15, -0.1) is 22.7 Å². The van der Waals surface area contributed by atoms with Crippen LogP contribution in [0.4, 0.5) is 17.1 Å². The fourth-order valence-electron chi connectivity index (χ4n) is 7.92. The van der Waals surface area contributed by atoms with Gasteiger partial charge in [0.1, 0.15) is 11.2 Å². The first kappa shape index (κ1) is 29.5. The van der Waals surface area contributed by atoms with E-state index < -0.39 is 0 Å². The summed E-state index contributed by atoms with van der Waals surface area (Å²) < 4.78 is 11.8. The molecule has 3 heterocycles. The molecule has 8 aromatic carbocycles. The van der Waals surface area contributed by atoms with Crippen molar-refractivity contribution in [2.75, 3.05) is 4.90 Å². The first-order valence-electron chi connectivity index (χ1n) is 17.5. The molecule has 11 aromatic rings. The van der Waals surface area contributed by atoms with Crippen LogP contribution in [0.3, 0.4) is 0 Å². The Bertz CT molecular complexity index is 3120. The van der Waals surface area contributed by atoms with Crippen molar-refractivity contribution < 1.29 is 4.42 Å². The molecule has 2 nitrogen and oxygen atoms in total. The number of thiophene rings is 2. The van der Waals surface area contributed by atoms with Crippen LogP contribution in [0.25, 0.3) is 84.5 Å². The molecule has 0 aliphatic heterocycles. The van der Waals surface area contributed by atoms with Gasteiger partial charge in [0.25, 0.3) is 0 Å². The largest absolute Gasteiger partial charge is 0.456 e. The molecule has 0 saturated heterocycles. The quantitative estimate of drug-likeness (QED) is 0.178. The van der Waals surface area contributed by atoms with Gasteiger partial charge in [-0.25, -0.2) is 0 Å². The molecule has 3 aromatic heterocycles. The second-order valence-electron chi connectivity index (χ2n) is 13.2. The van der Waals surface area contributed by atoms with Crippen LogP contribution in [0.5, 0.6) is 0 Å². The smallest absolute Gasteiger partial charge is 0.137 e. The van der Waals surface area contributed by atoms with Gasteiger partial charge >= 0.3 is 0 Å². The molecule has 0 atom stereocenters. The third-order valence-electron chi connectivity index (χ3n) is 10.3. The van der Waals surface area contributed by atoms with E-state index in [1.807, 2.05) is 22.7 Å². The topological polar surface area (TPSA) is 16.4 Å². The van der Waals surface area contributed by atoms with Crippen LogP contribution in [0, 0.1) is 0 Å². The van der Waals surface area contributed by atoms with Gasteiger partial charge in [0.05, 0.1) is 21.5 Å². The van der Waals surface area contributed by atoms with E-state index in [1.54, 1.807) is 0 Å². The minimum Gasteiger partial charge on any atom is -0.456 e. The van der Waals surface area contributed by atoms with E-state index in [2.05, 4.69) is 181 Å². The maximum Gasteiger partial charge on any atom is 0.137 e. The molecule has 0 radical (unpaired) electrons. The molecule has 0 unspecified atom stereocenters. The van der Waals surface area contributed by atoms with Gasteiger partial charge in [-0.05, 0) is 70.8 Å². The van der Waals surface area contributed by atoms with Gasteiger partial charge in [-0.1, -0.05) is 127 Å². The zero-order chi connectivity index (χ0) is 34.2. The van der Waals surface area contributed by atoms with Crippen molar-refractivity contribution in [3.63, 3.8) is 0 Å². The zero-order valence-corrected chi connectivity index (χ0v) is 29.5. The molecule has 0 spiro atoms. The second kappa shape index (κ2) is 11.7. The number of anilines is 3. The number of benzene rings is 8. The molecule has 11 rings (SSSR count). The summed E-state index contributed by atoms with van der Waals surface area (Å²) in [6.45, 7) is 0. The molecule has 0 saturated carbocycles. The summed E-state index contributed by atoms with van der Waals surface area (Å²) in [5, 5.41) is 7.40. The lowest BCUT2D eigenvalue weighted by Crippen LogP contribution is -2.10. The SMILES string of the molecule is c1ccc(-c2ccc(N(c3cccc4c3sc3c(-c5ccccc5)cccc34)c3cccc4oc5ccc6c7ccccc7sc6c5c34)cc2)cc1. The monoisotopic (exact) mass is 699 g/mol. The van der Waals surface area contributed by atoms with E-state index in [-0.39, 0.29) is 0 Å². The van der Waals surface area contributed by atoms with E-state index >= 15 is 0 Å². The van der Waals surface area contributed by atoms with Gasteiger partial charge in [-0.3, -0.25) is 0 Å². The van der Waals surface area contributed by atoms with Gasteiger partial charge in [0.15, 0.2) is 0 Å². The van der Waals surface area contributed by atoms with E-state index in [9.17, 15) is 0 Å². The normalized spacial score (nSPS) is 11.8. The maximum absolute atomic E-state index is 6.68. The van der Waals surface area contributed by atoms with Crippen LogP contribution in [-0.4, -0.2) is 0 Å². The maximum atomic E-state index is 6.68. The standard InChI is InChI=1S/C48H29NOS2/c1-3-12-30(13-4-1)31-24-26-33(27-25-31)49(40-21-10-19-37-36-18-9-17-34(46(36)52-47(37)40)32-14-5-2-6-15-32)39-20-11-22-41-44(39)45-42(50-41)29-28-38-35-16-7-8-23-43(35)51-48(38)45/h1-29H. The minimum atomic E-state index is 0.887. The average Bonchev–Trinajstić information content (AvgIpc) is 3.91. The van der Waals surface area contributed by atoms with E-state index in [0.29, 0.717) is 0 Å². The lowest BCUT2D eigenvalue weighted by molar-refractivity contribution is 0.669. The summed E-state index contributed by atoms with van der Waals surface area (Å²) in [4.78, 5) is 2.46. The van der Waals surface area contributed by atoms with Gasteiger partial charge < -0.3 is 9.32 Å². The highest BCUT2D eigenvalue weighted by Crippen LogP contribution is 2.51. The van der Waals surface area contributed by atoms with Gasteiger partial charge in [0.2, 0.25) is 0 Å². The molecular weight excluding hydrogens is 671 g/mol. The summed E-state index contributed by atoms with van der Waals surface area (Å²) >= 11 is 3.73. The average molecular weight is 700 g/mol. The fraction of sp³-hybridized carbons (Fsp3) is 0. The summed E-state index contributed by atoms with van der Waals surface area (Å²) in [7, 11) is 0. The third kappa shape index (κ3) is 4.48. The Hall–Kier alpha value is -6.20. The van der Waals surface area contributed by atoms with Crippen molar-refractivity contribution in [2.24, 2.45) is 0 Å². The second-order valence-corrected chi connectivity index (χ2v) is 15.3. The molecule has 0 N–H and O–H groups in total. The number of hydrogen-bond donors (Lipinski definition) is 0. The van der Waals surface area contributed by atoms with Crippen LogP contribution >= 0.6 is 22.7 Å². The number of fused-ring (bicyclic) bond motifs is 10. The molecule has 0 amide bonds. The van der Waals surface area contributed by atoms with Crippen LogP contribution < -0.4 is 4.90 Å². The Morgan fingerprint density at radius 3 is 1.81 bits per heavy atom. The highest BCUT2D eigenvalue weighted by molar-refractivity contribution is 7.27. The first-order chi connectivity index (χ1) is 25.8. The first-order valence-corrected chi connectivity index (χ1v) is 19.1. The summed E-state index contributed by atoms with van der Waals surface area (Å²) in [5.74, 6) is 0. The number of nitrogens with zero attached hydrogens (tertiary/aromatic N) is 1. The summed E-state index contributed by atoms with van der Waals surface area (Å²) in [5.41, 5.74) is 10.0. The lowest BCUT2D eigenvalue weighted by Gasteiger charge is -2.27. The molecule has 244 valence electrons. The molecule has 0 aliphatic rings. The van der Waals surface area contributed by atoms with Crippen LogP contribution in [0.2, 0.25) is 0 Å². The van der Waals surface area contributed by atoms with Crippen molar-refractivity contribution in [3.8, 4) is 22.3 Å². The van der Waals surface area contributed by atoms with Crippen LogP contribution in [-0.2, 0) is 0 Å². The highest BCUT2D eigenvalue weighted by Gasteiger charge is 2.24. The predicted octanol–water partition coefficient (Wildman–Crippen LogP) is 15.1. The van der Waals surface area contributed by atoms with Crippen molar-refractivity contribution >= 4 is 102 Å². The summed E-state index contributed by atoms with van der Waals surface area (Å²) in [6, 6.07) is 63.4. The van der Waals surface area contributed by atoms with Crippen LogP contribution in [0.1, 0.15) is 0 Å². The van der Waals surface area contributed by atoms with Crippen molar-refractivity contribution in [2.45, 2.75) is 0 Å². The molecule has 0 fully saturated rings. The fourth-order valence-corrected chi connectivity index (χ4v) is 10.5. The molecule has 52 heavy (non-hydrogen) atoms. The van der Waals surface area contributed by atoms with Gasteiger partial charge in [-0.2, -0.15) is 0 Å². The van der Waals surface area contributed by atoms with Crippen molar-refractivity contribution in [1.82, 2.24) is 0 Å². The summed E-state index contributed by atoms with van der Waals surface area (Å²) in [6.07, 6.45) is 0. The van der Waals surface area contributed by atoms with E-state index in [4.69, 9.17) is 4.42 Å². The molecular formula is C48H29NOS2. The Labute approximate surface area is 308 Å². The van der Waals surface area contributed by atoms with Crippen molar-refractivity contribution in [1.29, 1.82) is 0 Å². The minimum absolute atomic E-state index is 0.887. The molecule has 0 aliphatic carbocycles. The lowest BCUT2D eigenvalue weighted by atomic mass is 10.0. The Morgan fingerprint density at radius 2 is 0.981 bits per heavy atom. The van der Waals surface area contributed by atoms with E-state index in [1.165, 1.54) is 68.0 Å². The Morgan fingerprint density at radius 1 is 0.365 bits per heavy atom. The number of furan rings is 1. The Balaban J connectivity index is 1.22. The Kier molecular flexibility index (Phi) is 6.63. The predicted molar refractivity (Wildman–Crippen MR) is 225 cm³/mol. The number of hydrogen-bond acceptors (Lipinski definition) is 4. The van der Waals surface area contributed by atoms with Crippen LogP contribution in [0.15, 0.2) is 180 Å².